The molecule has 1 aromatic heterocycles. The molecular formula is C33H39N3O4. The number of aromatic nitrogens is 1. The van der Waals surface area contributed by atoms with E-state index >= 15 is 0 Å². The van der Waals surface area contributed by atoms with Crippen LogP contribution in [0.25, 0.3) is 10.9 Å². The average Bonchev–Trinajstić information content (AvgIpc) is 2.99. The zero-order chi connectivity index (χ0) is 28.1. The summed E-state index contributed by atoms with van der Waals surface area (Å²) in [6.07, 6.45) is 1.19. The van der Waals surface area contributed by atoms with E-state index in [1.165, 1.54) is 22.3 Å². The van der Waals surface area contributed by atoms with Gasteiger partial charge in [-0.3, -0.25) is 14.8 Å². The lowest BCUT2D eigenvalue weighted by atomic mass is 9.90. The molecular weight excluding hydrogens is 502 g/mol. The van der Waals surface area contributed by atoms with E-state index in [0.717, 1.165) is 54.3 Å². The minimum Gasteiger partial charge on any atom is -0.493 e. The van der Waals surface area contributed by atoms with Crippen LogP contribution in [-0.4, -0.2) is 79.5 Å². The molecule has 1 fully saturated rings. The van der Waals surface area contributed by atoms with Gasteiger partial charge in [0, 0.05) is 44.3 Å². The van der Waals surface area contributed by atoms with Crippen molar-refractivity contribution in [1.82, 2.24) is 14.8 Å². The maximum absolute atomic E-state index is 10.8. The van der Waals surface area contributed by atoms with Gasteiger partial charge in [-0.1, -0.05) is 30.3 Å². The van der Waals surface area contributed by atoms with Crippen molar-refractivity contribution in [3.05, 3.63) is 95.2 Å². The maximum Gasteiger partial charge on any atom is 0.161 e. The summed E-state index contributed by atoms with van der Waals surface area (Å²) in [5.74, 6) is 2.21. The van der Waals surface area contributed by atoms with E-state index in [-0.39, 0.29) is 12.6 Å². The SMILES string of the molecule is COc1ccc(C(c2cccc(C)c2C)N2CCN(CC(O)COc3cccc4ncccc34)CC2)cc1OC. The summed E-state index contributed by atoms with van der Waals surface area (Å²) in [4.78, 5) is 9.24. The number of benzene rings is 3. The minimum atomic E-state index is -0.584. The summed E-state index contributed by atoms with van der Waals surface area (Å²) in [5.41, 5.74) is 5.96. The molecule has 0 bridgehead atoms. The van der Waals surface area contributed by atoms with Crippen molar-refractivity contribution >= 4 is 10.9 Å². The number of fused-ring (bicyclic) bond motifs is 1. The minimum absolute atomic E-state index is 0.0927. The van der Waals surface area contributed by atoms with Crippen molar-refractivity contribution in [3.63, 3.8) is 0 Å². The first-order chi connectivity index (χ1) is 19.5. The van der Waals surface area contributed by atoms with Gasteiger partial charge in [-0.05, 0) is 72.5 Å². The van der Waals surface area contributed by atoms with Gasteiger partial charge in [0.15, 0.2) is 11.5 Å². The molecule has 7 heteroatoms. The van der Waals surface area contributed by atoms with Crippen LogP contribution in [0.5, 0.6) is 17.2 Å². The third kappa shape index (κ3) is 6.07. The van der Waals surface area contributed by atoms with Crippen LogP contribution in [0.1, 0.15) is 28.3 Å². The Labute approximate surface area is 236 Å². The lowest BCUT2D eigenvalue weighted by molar-refractivity contribution is 0.0403. The second kappa shape index (κ2) is 12.7. The molecule has 5 rings (SSSR count). The molecule has 2 heterocycles. The zero-order valence-electron chi connectivity index (χ0n) is 23.8. The molecule has 210 valence electrons. The van der Waals surface area contributed by atoms with Crippen LogP contribution in [-0.2, 0) is 0 Å². The molecule has 0 aliphatic carbocycles. The van der Waals surface area contributed by atoms with E-state index in [0.29, 0.717) is 6.54 Å². The Kier molecular flexibility index (Phi) is 8.85. The largest absolute Gasteiger partial charge is 0.493 e. The normalized spacial score (nSPS) is 16.0. The van der Waals surface area contributed by atoms with Crippen LogP contribution >= 0.6 is 0 Å². The standard InChI is InChI=1S/C33H39N3O4/c1-23-8-5-9-27(24(23)2)33(25-13-14-31(38-3)32(20-25)39-4)36-18-16-35(17-19-36)21-26(37)22-40-30-12-6-11-29-28(30)10-7-15-34-29/h5-15,20,26,33,37H,16-19,21-22H2,1-4H3. The zero-order valence-corrected chi connectivity index (χ0v) is 23.8. The first-order valence-corrected chi connectivity index (χ1v) is 13.9. The van der Waals surface area contributed by atoms with Gasteiger partial charge in [0.2, 0.25) is 0 Å². The number of hydrogen-bond acceptors (Lipinski definition) is 7. The number of β-amino-alcohol motifs (C(OH)–C–C–N with tert-alkyl or cyclic N) is 1. The number of pyridine rings is 1. The van der Waals surface area contributed by atoms with Gasteiger partial charge >= 0.3 is 0 Å². The number of methoxy groups -OCH3 is 2. The summed E-state index contributed by atoms with van der Waals surface area (Å²) in [5, 5.41) is 11.8. The highest BCUT2D eigenvalue weighted by molar-refractivity contribution is 5.84. The lowest BCUT2D eigenvalue weighted by Gasteiger charge is -2.41. The number of ether oxygens (including phenoxy) is 3. The van der Waals surface area contributed by atoms with Crippen molar-refractivity contribution < 1.29 is 19.3 Å². The first-order valence-electron chi connectivity index (χ1n) is 13.9. The summed E-state index contributed by atoms with van der Waals surface area (Å²) >= 11 is 0. The van der Waals surface area contributed by atoms with Crippen LogP contribution in [0.3, 0.4) is 0 Å². The van der Waals surface area contributed by atoms with Crippen molar-refractivity contribution in [2.24, 2.45) is 0 Å². The second-order valence-corrected chi connectivity index (χ2v) is 10.4. The molecule has 1 aliphatic rings. The molecule has 1 aliphatic heterocycles. The van der Waals surface area contributed by atoms with E-state index in [1.807, 2.05) is 36.4 Å². The Bertz CT molecular complexity index is 1430. The number of piperazine rings is 1. The Morgan fingerprint density at radius 1 is 0.850 bits per heavy atom. The molecule has 0 amide bonds. The molecule has 0 radical (unpaired) electrons. The average molecular weight is 542 g/mol. The first kappa shape index (κ1) is 27.9. The monoisotopic (exact) mass is 541 g/mol. The van der Waals surface area contributed by atoms with Gasteiger partial charge in [0.05, 0.1) is 25.8 Å². The fraction of sp³-hybridized carbons (Fsp3) is 0.364. The van der Waals surface area contributed by atoms with Crippen molar-refractivity contribution in [1.29, 1.82) is 0 Å². The topological polar surface area (TPSA) is 67.3 Å². The quantitative estimate of drug-likeness (QED) is 0.303. The number of hydrogen-bond donors (Lipinski definition) is 1. The third-order valence-electron chi connectivity index (χ3n) is 7.94. The number of aliphatic hydroxyl groups is 1. The van der Waals surface area contributed by atoms with Crippen molar-refractivity contribution in [3.8, 4) is 17.2 Å². The molecule has 2 atom stereocenters. The van der Waals surface area contributed by atoms with Crippen molar-refractivity contribution in [2.75, 3.05) is 53.6 Å². The summed E-state index contributed by atoms with van der Waals surface area (Å²) in [6, 6.07) is 22.6. The summed E-state index contributed by atoms with van der Waals surface area (Å²) in [6.45, 7) is 8.68. The highest BCUT2D eigenvalue weighted by atomic mass is 16.5. The van der Waals surface area contributed by atoms with Gasteiger partial charge in [-0.2, -0.15) is 0 Å². The van der Waals surface area contributed by atoms with E-state index in [4.69, 9.17) is 14.2 Å². The van der Waals surface area contributed by atoms with Crippen LogP contribution in [0.4, 0.5) is 0 Å². The number of nitrogens with zero attached hydrogens (tertiary/aromatic N) is 3. The third-order valence-corrected chi connectivity index (χ3v) is 7.94. The number of rotatable bonds is 10. The maximum atomic E-state index is 10.8. The van der Waals surface area contributed by atoms with E-state index in [9.17, 15) is 5.11 Å². The predicted octanol–water partition coefficient (Wildman–Crippen LogP) is 5.02. The highest BCUT2D eigenvalue weighted by Crippen LogP contribution is 2.37. The Hall–Kier alpha value is -3.65. The van der Waals surface area contributed by atoms with Crippen LogP contribution < -0.4 is 14.2 Å². The van der Waals surface area contributed by atoms with Gasteiger partial charge in [-0.15, -0.1) is 0 Å². The molecule has 2 unspecified atom stereocenters. The smallest absolute Gasteiger partial charge is 0.161 e. The van der Waals surface area contributed by atoms with Gasteiger partial charge in [0.1, 0.15) is 18.5 Å². The van der Waals surface area contributed by atoms with Crippen LogP contribution in [0.15, 0.2) is 72.9 Å². The molecule has 7 nitrogen and oxygen atoms in total. The molecule has 40 heavy (non-hydrogen) atoms. The van der Waals surface area contributed by atoms with Crippen LogP contribution in [0, 0.1) is 13.8 Å². The number of aliphatic hydroxyl groups excluding tert-OH is 1. The van der Waals surface area contributed by atoms with Gasteiger partial charge in [-0.25, -0.2) is 0 Å². The number of aryl methyl sites for hydroxylation is 1. The highest BCUT2D eigenvalue weighted by Gasteiger charge is 2.29. The van der Waals surface area contributed by atoms with Crippen molar-refractivity contribution in [2.45, 2.75) is 26.0 Å². The van der Waals surface area contributed by atoms with Gasteiger partial charge in [0.25, 0.3) is 0 Å². The summed E-state index contributed by atoms with van der Waals surface area (Å²) < 4.78 is 17.2. The molecule has 0 spiro atoms. The molecule has 4 aromatic rings. The molecule has 1 N–H and O–H groups in total. The fourth-order valence-corrected chi connectivity index (χ4v) is 5.62. The van der Waals surface area contributed by atoms with Crippen LogP contribution in [0.2, 0.25) is 0 Å². The molecule has 0 saturated carbocycles. The lowest BCUT2D eigenvalue weighted by Crippen LogP contribution is -2.50. The van der Waals surface area contributed by atoms with E-state index in [2.05, 4.69) is 59.0 Å². The Morgan fingerprint density at radius 2 is 1.62 bits per heavy atom. The van der Waals surface area contributed by atoms with E-state index < -0.39 is 6.10 Å². The Morgan fingerprint density at radius 3 is 2.40 bits per heavy atom. The summed E-state index contributed by atoms with van der Waals surface area (Å²) in [7, 11) is 3.34. The predicted molar refractivity (Wildman–Crippen MR) is 159 cm³/mol. The van der Waals surface area contributed by atoms with E-state index in [1.54, 1.807) is 20.4 Å². The molecule has 1 saturated heterocycles. The fourth-order valence-electron chi connectivity index (χ4n) is 5.62. The molecule has 3 aromatic carbocycles. The Balaban J connectivity index is 1.26. The second-order valence-electron chi connectivity index (χ2n) is 10.4. The van der Waals surface area contributed by atoms with Gasteiger partial charge < -0.3 is 19.3 Å².